The van der Waals surface area contributed by atoms with Gasteiger partial charge in [0.15, 0.2) is 17.3 Å². The summed E-state index contributed by atoms with van der Waals surface area (Å²) in [6.45, 7) is 5.98. The first-order valence-electron chi connectivity index (χ1n) is 15.1. The van der Waals surface area contributed by atoms with Crippen LogP contribution in [-0.2, 0) is 16.0 Å². The van der Waals surface area contributed by atoms with Crippen molar-refractivity contribution >= 4 is 29.3 Å². The zero-order valence-corrected chi connectivity index (χ0v) is 25.9. The van der Waals surface area contributed by atoms with E-state index in [1.54, 1.807) is 73.7 Å². The van der Waals surface area contributed by atoms with E-state index in [1.807, 2.05) is 0 Å². The van der Waals surface area contributed by atoms with Crippen LogP contribution in [0.1, 0.15) is 85.6 Å². The molecule has 3 aromatic carbocycles. The van der Waals surface area contributed by atoms with Crippen molar-refractivity contribution in [1.82, 2.24) is 5.32 Å². The summed E-state index contributed by atoms with van der Waals surface area (Å²) in [5, 5.41) is 5.50. The number of methoxy groups -OCH3 is 1. The first-order chi connectivity index (χ1) is 21.2. The Balaban J connectivity index is 1.59. The summed E-state index contributed by atoms with van der Waals surface area (Å²) in [4.78, 5) is 49.7. The fourth-order valence-electron chi connectivity index (χ4n) is 4.39. The second kappa shape index (κ2) is 17.5. The molecule has 2 amide bonds. The van der Waals surface area contributed by atoms with Crippen LogP contribution in [0.4, 0.5) is 5.69 Å². The van der Waals surface area contributed by atoms with Crippen LogP contribution in [-0.4, -0.2) is 43.3 Å². The minimum atomic E-state index is -0.794. The molecule has 0 aliphatic carbocycles. The smallest absolute Gasteiger partial charge is 0.343 e. The van der Waals surface area contributed by atoms with Crippen molar-refractivity contribution in [3.8, 4) is 17.2 Å². The van der Waals surface area contributed by atoms with Crippen molar-refractivity contribution in [2.24, 2.45) is 0 Å². The fourth-order valence-corrected chi connectivity index (χ4v) is 4.39. The van der Waals surface area contributed by atoms with E-state index in [-0.39, 0.29) is 23.9 Å². The van der Waals surface area contributed by atoms with Crippen LogP contribution in [0, 0.1) is 0 Å². The second-order valence-electron chi connectivity index (χ2n) is 10.5. The maximum absolute atomic E-state index is 12.9. The Bertz CT molecular complexity index is 1400. The summed E-state index contributed by atoms with van der Waals surface area (Å²) in [6.07, 6.45) is 6.33. The van der Waals surface area contributed by atoms with E-state index < -0.39 is 17.9 Å². The molecular weight excluding hydrogens is 560 g/mol. The molecule has 1 atom stereocenters. The Morgan fingerprint density at radius 3 is 2.11 bits per heavy atom. The van der Waals surface area contributed by atoms with Crippen LogP contribution >= 0.6 is 0 Å². The van der Waals surface area contributed by atoms with Crippen LogP contribution in [0.2, 0.25) is 0 Å². The lowest BCUT2D eigenvalue weighted by molar-refractivity contribution is -0.119. The highest BCUT2D eigenvalue weighted by Gasteiger charge is 2.20. The number of hydrogen-bond donors (Lipinski definition) is 2. The van der Waals surface area contributed by atoms with Gasteiger partial charge in [0.2, 0.25) is 5.91 Å². The van der Waals surface area contributed by atoms with Crippen molar-refractivity contribution in [3.63, 3.8) is 0 Å². The molecule has 3 rings (SSSR count). The zero-order chi connectivity index (χ0) is 31.9. The minimum Gasteiger partial charge on any atom is -0.494 e. The van der Waals surface area contributed by atoms with Crippen LogP contribution in [0.3, 0.4) is 0 Å². The van der Waals surface area contributed by atoms with Gasteiger partial charge in [-0.15, -0.1) is 0 Å². The van der Waals surface area contributed by atoms with Crippen molar-refractivity contribution in [3.05, 3.63) is 83.4 Å². The van der Waals surface area contributed by atoms with Crippen molar-refractivity contribution < 1.29 is 33.4 Å². The largest absolute Gasteiger partial charge is 0.494 e. The number of amides is 2. The summed E-state index contributed by atoms with van der Waals surface area (Å²) >= 11 is 0. The molecule has 0 saturated heterocycles. The molecule has 0 aromatic heterocycles. The fraction of sp³-hybridized carbons (Fsp3) is 0.371. The van der Waals surface area contributed by atoms with Gasteiger partial charge in [0.25, 0.3) is 5.91 Å². The molecule has 2 N–H and O–H groups in total. The summed E-state index contributed by atoms with van der Waals surface area (Å²) in [6, 6.07) is 17.4. The number of rotatable bonds is 17. The SMILES string of the molecule is CCCCCCCOc1ccc(C(=O)Oc2ccc(CC(NC(=O)c3ccc(NC(=O)CC)cc3)C(C)=O)cc2OC)cc1. The van der Waals surface area contributed by atoms with Crippen LogP contribution in [0.5, 0.6) is 17.2 Å². The third kappa shape index (κ3) is 10.6. The maximum Gasteiger partial charge on any atom is 0.343 e. The Hall–Kier alpha value is -4.66. The predicted molar refractivity (Wildman–Crippen MR) is 170 cm³/mol. The van der Waals surface area contributed by atoms with Gasteiger partial charge in [0, 0.05) is 17.7 Å². The molecule has 0 fully saturated rings. The number of benzene rings is 3. The van der Waals surface area contributed by atoms with Crippen LogP contribution in [0.25, 0.3) is 0 Å². The quantitative estimate of drug-likeness (QED) is 0.102. The highest BCUT2D eigenvalue weighted by Crippen LogP contribution is 2.30. The van der Waals surface area contributed by atoms with E-state index in [1.165, 1.54) is 33.3 Å². The van der Waals surface area contributed by atoms with E-state index in [0.717, 1.165) is 12.8 Å². The Labute approximate surface area is 259 Å². The molecule has 44 heavy (non-hydrogen) atoms. The molecule has 9 heteroatoms. The molecule has 3 aromatic rings. The third-order valence-electron chi connectivity index (χ3n) is 7.03. The van der Waals surface area contributed by atoms with Gasteiger partial charge >= 0.3 is 5.97 Å². The monoisotopic (exact) mass is 602 g/mol. The van der Waals surface area contributed by atoms with Crippen molar-refractivity contribution in [2.75, 3.05) is 19.0 Å². The Morgan fingerprint density at radius 2 is 1.48 bits per heavy atom. The molecule has 0 aliphatic rings. The summed E-state index contributed by atoms with van der Waals surface area (Å²) in [5.41, 5.74) is 2.01. The second-order valence-corrected chi connectivity index (χ2v) is 10.5. The number of carbonyl (C=O) groups excluding carboxylic acids is 4. The van der Waals surface area contributed by atoms with Gasteiger partial charge < -0.3 is 24.8 Å². The topological polar surface area (TPSA) is 120 Å². The van der Waals surface area contributed by atoms with Gasteiger partial charge in [-0.25, -0.2) is 4.79 Å². The van der Waals surface area contributed by atoms with Gasteiger partial charge in [-0.3, -0.25) is 14.4 Å². The number of Topliss-reactive ketones (excluding diaryl/α,β-unsaturated/α-hetero) is 1. The number of ketones is 1. The molecule has 0 bridgehead atoms. The maximum atomic E-state index is 12.9. The molecule has 0 spiro atoms. The standard InChI is InChI=1S/C35H42N2O7/c1-5-7-8-9-10-21-43-29-18-14-27(15-19-29)35(41)44-31-20-11-25(23-32(31)42-4)22-30(24(3)38)37-34(40)26-12-16-28(17-13-26)36-33(39)6-2/h11-20,23,30H,5-10,21-22H2,1-4H3,(H,36,39)(H,37,40). The van der Waals surface area contributed by atoms with Gasteiger partial charge in [-0.05, 0) is 86.0 Å². The molecule has 0 aliphatic heterocycles. The van der Waals surface area contributed by atoms with Gasteiger partial charge in [-0.2, -0.15) is 0 Å². The third-order valence-corrected chi connectivity index (χ3v) is 7.03. The molecule has 1 unspecified atom stereocenters. The number of unbranched alkanes of at least 4 members (excludes halogenated alkanes) is 4. The number of nitrogens with one attached hydrogen (secondary N) is 2. The Morgan fingerprint density at radius 1 is 0.795 bits per heavy atom. The molecule has 0 heterocycles. The summed E-state index contributed by atoms with van der Waals surface area (Å²) < 4.78 is 16.8. The molecule has 0 saturated carbocycles. The molecule has 9 nitrogen and oxygen atoms in total. The summed E-state index contributed by atoms with van der Waals surface area (Å²) in [7, 11) is 1.46. The van der Waals surface area contributed by atoms with Gasteiger partial charge in [0.1, 0.15) is 5.75 Å². The van der Waals surface area contributed by atoms with Crippen molar-refractivity contribution in [2.45, 2.75) is 71.8 Å². The van der Waals surface area contributed by atoms with E-state index in [0.29, 0.717) is 46.9 Å². The summed E-state index contributed by atoms with van der Waals surface area (Å²) in [5.74, 6) is -0.0645. The van der Waals surface area contributed by atoms with Gasteiger partial charge in [-0.1, -0.05) is 45.6 Å². The molecule has 234 valence electrons. The number of anilines is 1. The zero-order valence-electron chi connectivity index (χ0n) is 25.9. The van der Waals surface area contributed by atoms with Crippen LogP contribution in [0.15, 0.2) is 66.7 Å². The van der Waals surface area contributed by atoms with E-state index in [4.69, 9.17) is 14.2 Å². The normalized spacial score (nSPS) is 11.3. The van der Waals surface area contributed by atoms with Crippen LogP contribution < -0.4 is 24.8 Å². The lowest BCUT2D eigenvalue weighted by Crippen LogP contribution is -2.41. The number of carbonyl (C=O) groups is 4. The highest BCUT2D eigenvalue weighted by molar-refractivity contribution is 5.98. The van der Waals surface area contributed by atoms with E-state index >= 15 is 0 Å². The number of esters is 1. The Kier molecular flexibility index (Phi) is 13.4. The first-order valence-corrected chi connectivity index (χ1v) is 15.1. The lowest BCUT2D eigenvalue weighted by Gasteiger charge is -2.17. The van der Waals surface area contributed by atoms with Gasteiger partial charge in [0.05, 0.1) is 25.3 Å². The highest BCUT2D eigenvalue weighted by atomic mass is 16.6. The first kappa shape index (κ1) is 33.8. The predicted octanol–water partition coefficient (Wildman–Crippen LogP) is 6.54. The average molecular weight is 603 g/mol. The van der Waals surface area contributed by atoms with E-state index in [2.05, 4.69) is 17.6 Å². The molecule has 0 radical (unpaired) electrons. The average Bonchev–Trinajstić information content (AvgIpc) is 3.03. The lowest BCUT2D eigenvalue weighted by atomic mass is 10.0. The minimum absolute atomic E-state index is 0.127. The van der Waals surface area contributed by atoms with E-state index in [9.17, 15) is 19.2 Å². The number of hydrogen-bond acceptors (Lipinski definition) is 7. The van der Waals surface area contributed by atoms with Crippen molar-refractivity contribution in [1.29, 1.82) is 0 Å². The number of ether oxygens (including phenoxy) is 3. The molecular formula is C35H42N2O7.